The molecule has 1 heteroatoms. The summed E-state index contributed by atoms with van der Waals surface area (Å²) in [5, 5.41) is 2.50. The second-order valence-electron chi connectivity index (χ2n) is 16.3. The van der Waals surface area contributed by atoms with Crippen molar-refractivity contribution in [3.8, 4) is 22.3 Å². The number of benzene rings is 8. The Hall–Kier alpha value is -6.70. The van der Waals surface area contributed by atoms with Gasteiger partial charge in [-0.3, -0.25) is 0 Å². The highest BCUT2D eigenvalue weighted by Crippen LogP contribution is 2.60. The van der Waals surface area contributed by atoms with Gasteiger partial charge in [-0.1, -0.05) is 184 Å². The molecule has 0 radical (unpaired) electrons. The van der Waals surface area contributed by atoms with Gasteiger partial charge in [0.15, 0.2) is 0 Å². The normalized spacial score (nSPS) is 15.4. The lowest BCUT2D eigenvalue weighted by Gasteiger charge is -2.35. The van der Waals surface area contributed by atoms with Crippen LogP contribution in [0.5, 0.6) is 0 Å². The molecule has 57 heavy (non-hydrogen) atoms. The van der Waals surface area contributed by atoms with Gasteiger partial charge < -0.3 is 4.90 Å². The summed E-state index contributed by atoms with van der Waals surface area (Å²) in [7, 11) is 0. The predicted molar refractivity (Wildman–Crippen MR) is 240 cm³/mol. The summed E-state index contributed by atoms with van der Waals surface area (Å²) in [4.78, 5) is 2.57. The summed E-state index contributed by atoms with van der Waals surface area (Å²) in [6.45, 7) is 4.78. The molecule has 0 aliphatic heterocycles. The average Bonchev–Trinajstić information content (AvgIpc) is 3.70. The number of hydrogen-bond donors (Lipinski definition) is 0. The van der Waals surface area contributed by atoms with Crippen LogP contribution in [-0.4, -0.2) is 0 Å². The lowest BCUT2D eigenvalue weighted by molar-refractivity contribution is 0.661. The van der Waals surface area contributed by atoms with E-state index in [-0.39, 0.29) is 5.41 Å². The van der Waals surface area contributed by atoms with Crippen molar-refractivity contribution >= 4 is 33.4 Å². The minimum atomic E-state index is -0.505. The first-order valence-electron chi connectivity index (χ1n) is 20.3. The van der Waals surface area contributed by atoms with Gasteiger partial charge in [0.1, 0.15) is 0 Å². The largest absolute Gasteiger partial charge is 0.309 e. The molecule has 8 aromatic rings. The topological polar surface area (TPSA) is 3.24 Å². The Kier molecular flexibility index (Phi) is 7.63. The Bertz CT molecular complexity index is 2870. The number of hydrogen-bond acceptors (Lipinski definition) is 1. The number of nitrogens with zero attached hydrogens (tertiary/aromatic N) is 1. The molecule has 11 rings (SSSR count). The van der Waals surface area contributed by atoms with Crippen molar-refractivity contribution in [1.29, 1.82) is 0 Å². The molecular weight excluding hydrogens is 687 g/mol. The minimum absolute atomic E-state index is 0.157. The fourth-order valence-corrected chi connectivity index (χ4v) is 10.3. The number of rotatable bonds is 6. The third-order valence-electron chi connectivity index (χ3n) is 12.9. The summed E-state index contributed by atoms with van der Waals surface area (Å²) >= 11 is 0. The van der Waals surface area contributed by atoms with Crippen molar-refractivity contribution in [2.45, 2.75) is 37.5 Å². The molecule has 1 nitrogen and oxygen atoms in total. The van der Waals surface area contributed by atoms with E-state index in [1.54, 1.807) is 0 Å². The highest BCUT2D eigenvalue weighted by molar-refractivity contribution is 6.10. The van der Waals surface area contributed by atoms with Gasteiger partial charge in [-0.25, -0.2) is 0 Å². The molecular formula is C56H43N. The predicted octanol–water partition coefficient (Wildman–Crippen LogP) is 14.7. The third-order valence-corrected chi connectivity index (χ3v) is 12.9. The monoisotopic (exact) mass is 729 g/mol. The van der Waals surface area contributed by atoms with Gasteiger partial charge in [-0.2, -0.15) is 0 Å². The Balaban J connectivity index is 1.24. The molecule has 0 atom stereocenters. The van der Waals surface area contributed by atoms with E-state index in [0.29, 0.717) is 0 Å². The van der Waals surface area contributed by atoms with Crippen molar-refractivity contribution in [2.24, 2.45) is 0 Å². The van der Waals surface area contributed by atoms with Crippen LogP contribution in [0.25, 0.3) is 38.6 Å². The first kappa shape index (κ1) is 33.6. The molecule has 0 spiro atoms. The van der Waals surface area contributed by atoms with Crippen LogP contribution < -0.4 is 4.90 Å². The highest BCUT2D eigenvalue weighted by atomic mass is 15.1. The molecule has 0 unspecified atom stereocenters. The summed E-state index contributed by atoms with van der Waals surface area (Å²) in [5.41, 5.74) is 18.5. The molecule has 3 aliphatic carbocycles. The quantitative estimate of drug-likeness (QED) is 0.165. The zero-order valence-corrected chi connectivity index (χ0v) is 32.4. The first-order chi connectivity index (χ1) is 28.0. The van der Waals surface area contributed by atoms with E-state index in [1.165, 1.54) is 83.2 Å². The average molecular weight is 730 g/mol. The SMILES string of the molecule is CC1(C)c2ccccc2-c2c1cc1ccccc1c2N(c1ccc(C2=CCCC=C2)cc1)c1ccc2c(c1)C(c1ccccc1)(c1ccccc1)c1ccccc1-2. The van der Waals surface area contributed by atoms with Gasteiger partial charge in [0.05, 0.1) is 11.1 Å². The fraction of sp³-hybridized carbons (Fsp3) is 0.107. The molecule has 0 saturated heterocycles. The maximum absolute atomic E-state index is 2.57. The number of anilines is 3. The van der Waals surface area contributed by atoms with Gasteiger partial charge >= 0.3 is 0 Å². The van der Waals surface area contributed by atoms with Gasteiger partial charge in [-0.15, -0.1) is 0 Å². The van der Waals surface area contributed by atoms with Gasteiger partial charge in [0.2, 0.25) is 0 Å². The van der Waals surface area contributed by atoms with E-state index >= 15 is 0 Å². The van der Waals surface area contributed by atoms with E-state index < -0.39 is 5.41 Å². The summed E-state index contributed by atoms with van der Waals surface area (Å²) < 4.78 is 0. The molecule has 0 saturated carbocycles. The second-order valence-corrected chi connectivity index (χ2v) is 16.3. The summed E-state index contributed by atoms with van der Waals surface area (Å²) in [6, 6.07) is 68.4. The Morgan fingerprint density at radius 2 is 1.09 bits per heavy atom. The summed E-state index contributed by atoms with van der Waals surface area (Å²) in [6.07, 6.45) is 9.13. The van der Waals surface area contributed by atoms with Crippen LogP contribution in [0.1, 0.15) is 65.6 Å². The van der Waals surface area contributed by atoms with E-state index in [2.05, 4.69) is 219 Å². The molecule has 3 aliphatic rings. The Morgan fingerprint density at radius 1 is 0.474 bits per heavy atom. The molecule has 0 bridgehead atoms. The van der Waals surface area contributed by atoms with Crippen molar-refractivity contribution in [2.75, 3.05) is 4.90 Å². The maximum Gasteiger partial charge on any atom is 0.0714 e. The highest BCUT2D eigenvalue weighted by Gasteiger charge is 2.46. The number of allylic oxidation sites excluding steroid dienone is 4. The zero-order valence-electron chi connectivity index (χ0n) is 32.4. The fourth-order valence-electron chi connectivity index (χ4n) is 10.3. The molecule has 0 amide bonds. The van der Waals surface area contributed by atoms with Crippen LogP contribution in [0.2, 0.25) is 0 Å². The van der Waals surface area contributed by atoms with Crippen molar-refractivity contribution in [1.82, 2.24) is 0 Å². The van der Waals surface area contributed by atoms with E-state index in [4.69, 9.17) is 0 Å². The second kappa shape index (κ2) is 12.9. The van der Waals surface area contributed by atoms with Crippen molar-refractivity contribution < 1.29 is 0 Å². The standard InChI is InChI=1S/C56H43N/c1-55(2)49-28-16-15-27-48(49)53-52(55)36-40-20-12-13-25-45(40)54(53)57(43-32-30-39(31-33-43)38-18-6-3-7-19-38)44-34-35-47-46-26-14-17-29-50(46)56(51(47)37-44,41-21-8-4-9-22-41)42-23-10-5-11-24-42/h4-6,8-37H,3,7H2,1-2H3. The molecule has 0 fully saturated rings. The maximum atomic E-state index is 2.57. The van der Waals surface area contributed by atoms with E-state index in [0.717, 1.165) is 24.2 Å². The molecule has 0 aromatic heterocycles. The number of fused-ring (bicyclic) bond motifs is 7. The Morgan fingerprint density at radius 3 is 1.81 bits per heavy atom. The van der Waals surface area contributed by atoms with Gasteiger partial charge in [0.25, 0.3) is 0 Å². The van der Waals surface area contributed by atoms with Crippen LogP contribution in [0.15, 0.2) is 200 Å². The molecule has 8 aromatic carbocycles. The molecule has 0 N–H and O–H groups in total. The lowest BCUT2D eigenvalue weighted by Crippen LogP contribution is -2.28. The van der Waals surface area contributed by atoms with Crippen LogP contribution in [0.4, 0.5) is 17.1 Å². The lowest BCUT2D eigenvalue weighted by atomic mass is 9.67. The minimum Gasteiger partial charge on any atom is -0.309 e. The van der Waals surface area contributed by atoms with Crippen LogP contribution in [0, 0.1) is 0 Å². The Labute approximate surface area is 335 Å². The van der Waals surface area contributed by atoms with Gasteiger partial charge in [-0.05, 0) is 110 Å². The smallest absolute Gasteiger partial charge is 0.0714 e. The van der Waals surface area contributed by atoms with E-state index in [9.17, 15) is 0 Å². The van der Waals surface area contributed by atoms with Crippen LogP contribution in [0.3, 0.4) is 0 Å². The van der Waals surface area contributed by atoms with E-state index in [1.807, 2.05) is 0 Å². The first-order valence-corrected chi connectivity index (χ1v) is 20.3. The third kappa shape index (κ3) is 4.95. The van der Waals surface area contributed by atoms with Gasteiger partial charge in [0, 0.05) is 27.7 Å². The van der Waals surface area contributed by atoms with Crippen LogP contribution >= 0.6 is 0 Å². The van der Waals surface area contributed by atoms with Crippen molar-refractivity contribution in [3.05, 3.63) is 239 Å². The molecule has 272 valence electrons. The summed E-state index contributed by atoms with van der Waals surface area (Å²) in [5.74, 6) is 0. The van der Waals surface area contributed by atoms with Crippen molar-refractivity contribution in [3.63, 3.8) is 0 Å². The zero-order chi connectivity index (χ0) is 38.1. The van der Waals surface area contributed by atoms with Crippen LogP contribution in [-0.2, 0) is 10.8 Å². The molecule has 0 heterocycles.